The van der Waals surface area contributed by atoms with Gasteiger partial charge in [-0.25, -0.2) is 0 Å². The summed E-state index contributed by atoms with van der Waals surface area (Å²) in [6.07, 6.45) is 8.75. The molecule has 1 unspecified atom stereocenters. The number of esters is 1. The van der Waals surface area contributed by atoms with Gasteiger partial charge in [-0.05, 0) is 33.3 Å². The van der Waals surface area contributed by atoms with Gasteiger partial charge in [-0.2, -0.15) is 0 Å². The van der Waals surface area contributed by atoms with Gasteiger partial charge in [0.05, 0.1) is 5.92 Å². The summed E-state index contributed by atoms with van der Waals surface area (Å²) in [7, 11) is 0. The van der Waals surface area contributed by atoms with Crippen molar-refractivity contribution in [2.45, 2.75) is 33.3 Å². The van der Waals surface area contributed by atoms with Crippen molar-refractivity contribution < 1.29 is 9.53 Å². The topological polar surface area (TPSA) is 26.3 Å². The average molecular weight is 234 g/mol. The minimum atomic E-state index is -0.465. The van der Waals surface area contributed by atoms with Crippen molar-refractivity contribution in [3.63, 3.8) is 0 Å². The minimum absolute atomic E-state index is 0.237. The molecular formula is C15H22O2. The summed E-state index contributed by atoms with van der Waals surface area (Å²) in [6.45, 7) is 14.6. The zero-order valence-corrected chi connectivity index (χ0v) is 11.2. The number of hydrogen-bond acceptors (Lipinski definition) is 2. The Balaban J connectivity index is 4.85. The van der Waals surface area contributed by atoms with E-state index in [-0.39, 0.29) is 11.9 Å². The summed E-state index contributed by atoms with van der Waals surface area (Å²) in [5.74, 6) is -0.553. The van der Waals surface area contributed by atoms with Crippen molar-refractivity contribution >= 4 is 5.97 Å². The average Bonchev–Trinajstić information content (AvgIpc) is 2.20. The molecule has 0 saturated carbocycles. The lowest BCUT2D eigenvalue weighted by Gasteiger charge is -2.22. The summed E-state index contributed by atoms with van der Waals surface area (Å²) in [5.41, 5.74) is 0.390. The van der Waals surface area contributed by atoms with E-state index in [4.69, 9.17) is 4.74 Å². The molecule has 0 aromatic rings. The molecule has 0 amide bonds. The highest BCUT2D eigenvalue weighted by Crippen LogP contribution is 2.18. The van der Waals surface area contributed by atoms with E-state index in [0.717, 1.165) is 5.57 Å². The predicted molar refractivity (Wildman–Crippen MR) is 72.6 cm³/mol. The lowest BCUT2D eigenvalue weighted by atomic mass is 9.99. The van der Waals surface area contributed by atoms with E-state index < -0.39 is 5.60 Å². The second kappa shape index (κ2) is 6.89. The highest BCUT2D eigenvalue weighted by molar-refractivity contribution is 5.76. The molecule has 0 aromatic heterocycles. The molecule has 0 N–H and O–H groups in total. The van der Waals surface area contributed by atoms with E-state index in [1.54, 1.807) is 24.3 Å². The molecule has 0 aromatic carbocycles. The highest BCUT2D eigenvalue weighted by Gasteiger charge is 2.23. The molecule has 0 radical (unpaired) electrons. The maximum Gasteiger partial charge on any atom is 0.313 e. The van der Waals surface area contributed by atoms with Gasteiger partial charge in [0, 0.05) is 0 Å². The molecule has 0 aliphatic rings. The molecule has 0 rings (SSSR count). The van der Waals surface area contributed by atoms with E-state index in [1.807, 2.05) is 33.8 Å². The standard InChI is InChI=1S/C15H22O2/c1-7-9-11-13(10-8-2)12(3)14(16)17-15(4,5)6/h7-12H,1-2H2,3-6H3/b11-9-,13-10+. The largest absolute Gasteiger partial charge is 0.460 e. The molecule has 0 bridgehead atoms. The van der Waals surface area contributed by atoms with Crippen molar-refractivity contribution in [3.05, 3.63) is 49.1 Å². The van der Waals surface area contributed by atoms with Gasteiger partial charge < -0.3 is 4.74 Å². The predicted octanol–water partition coefficient (Wildman–Crippen LogP) is 3.82. The number of allylic oxidation sites excluding steroid dienone is 5. The second-order valence-electron chi connectivity index (χ2n) is 4.75. The number of ether oxygens (including phenoxy) is 1. The molecule has 0 spiro atoms. The summed E-state index contributed by atoms with van der Waals surface area (Å²) >= 11 is 0. The minimum Gasteiger partial charge on any atom is -0.460 e. The zero-order valence-electron chi connectivity index (χ0n) is 11.2. The molecule has 0 aliphatic carbocycles. The summed E-state index contributed by atoms with van der Waals surface area (Å²) in [4.78, 5) is 11.9. The molecule has 2 heteroatoms. The van der Waals surface area contributed by atoms with Gasteiger partial charge in [0.2, 0.25) is 0 Å². The maximum absolute atomic E-state index is 11.9. The number of carbonyl (C=O) groups excluding carboxylic acids is 1. The Morgan fingerprint density at radius 2 is 1.82 bits per heavy atom. The molecule has 17 heavy (non-hydrogen) atoms. The normalized spacial score (nSPS) is 14.5. The first kappa shape index (κ1) is 15.4. The van der Waals surface area contributed by atoms with Gasteiger partial charge in [0.15, 0.2) is 0 Å². The van der Waals surface area contributed by atoms with Crippen LogP contribution in [0, 0.1) is 5.92 Å². The van der Waals surface area contributed by atoms with Crippen LogP contribution >= 0.6 is 0 Å². The molecule has 94 valence electrons. The Kier molecular flexibility index (Phi) is 6.26. The second-order valence-corrected chi connectivity index (χ2v) is 4.75. The summed E-state index contributed by atoms with van der Waals surface area (Å²) < 4.78 is 5.33. The van der Waals surface area contributed by atoms with Gasteiger partial charge in [-0.15, -0.1) is 0 Å². The van der Waals surface area contributed by atoms with E-state index in [2.05, 4.69) is 13.2 Å². The van der Waals surface area contributed by atoms with Crippen LogP contribution in [-0.4, -0.2) is 11.6 Å². The molecule has 0 heterocycles. The Hall–Kier alpha value is -1.57. The van der Waals surface area contributed by atoms with Crippen LogP contribution < -0.4 is 0 Å². The first-order chi connectivity index (χ1) is 7.81. The van der Waals surface area contributed by atoms with Crippen LogP contribution in [0.25, 0.3) is 0 Å². The Morgan fingerprint density at radius 3 is 2.24 bits per heavy atom. The first-order valence-corrected chi connectivity index (χ1v) is 5.66. The molecule has 0 aliphatic heterocycles. The molecule has 1 atom stereocenters. The van der Waals surface area contributed by atoms with Crippen molar-refractivity contribution in [1.82, 2.24) is 0 Å². The molecule has 2 nitrogen and oxygen atoms in total. The quantitative estimate of drug-likeness (QED) is 0.534. The van der Waals surface area contributed by atoms with E-state index in [0.29, 0.717) is 0 Å². The van der Waals surface area contributed by atoms with E-state index in [9.17, 15) is 4.79 Å². The van der Waals surface area contributed by atoms with Gasteiger partial charge in [0.25, 0.3) is 0 Å². The number of carbonyl (C=O) groups is 1. The fourth-order valence-corrected chi connectivity index (χ4v) is 1.19. The van der Waals surface area contributed by atoms with Crippen LogP contribution in [0.5, 0.6) is 0 Å². The molecular weight excluding hydrogens is 212 g/mol. The fraction of sp³-hybridized carbons (Fsp3) is 0.400. The van der Waals surface area contributed by atoms with Crippen LogP contribution in [0.4, 0.5) is 0 Å². The van der Waals surface area contributed by atoms with Gasteiger partial charge in [-0.1, -0.05) is 43.5 Å². The summed E-state index contributed by atoms with van der Waals surface area (Å²) in [6, 6.07) is 0. The Morgan fingerprint density at radius 1 is 1.24 bits per heavy atom. The van der Waals surface area contributed by atoms with Crippen molar-refractivity contribution in [2.75, 3.05) is 0 Å². The smallest absolute Gasteiger partial charge is 0.313 e. The third kappa shape index (κ3) is 6.56. The zero-order chi connectivity index (χ0) is 13.5. The highest BCUT2D eigenvalue weighted by atomic mass is 16.6. The maximum atomic E-state index is 11.9. The van der Waals surface area contributed by atoms with Crippen molar-refractivity contribution in [2.24, 2.45) is 5.92 Å². The first-order valence-electron chi connectivity index (χ1n) is 5.66. The Bertz CT molecular complexity index is 340. The summed E-state index contributed by atoms with van der Waals surface area (Å²) in [5, 5.41) is 0. The third-order valence-corrected chi connectivity index (χ3v) is 2.00. The molecule has 0 fully saturated rings. The van der Waals surface area contributed by atoms with Gasteiger partial charge in [-0.3, -0.25) is 4.79 Å². The Labute approximate surface area is 104 Å². The van der Waals surface area contributed by atoms with Crippen LogP contribution in [0.15, 0.2) is 49.1 Å². The van der Waals surface area contributed by atoms with Crippen molar-refractivity contribution in [3.8, 4) is 0 Å². The number of hydrogen-bond donors (Lipinski definition) is 0. The monoisotopic (exact) mass is 234 g/mol. The third-order valence-electron chi connectivity index (χ3n) is 2.00. The van der Waals surface area contributed by atoms with E-state index >= 15 is 0 Å². The van der Waals surface area contributed by atoms with Crippen LogP contribution in [0.2, 0.25) is 0 Å². The molecule has 0 saturated heterocycles. The van der Waals surface area contributed by atoms with Crippen molar-refractivity contribution in [1.29, 1.82) is 0 Å². The number of rotatable bonds is 5. The lowest BCUT2D eigenvalue weighted by molar-refractivity contribution is -0.157. The van der Waals surface area contributed by atoms with E-state index in [1.165, 1.54) is 0 Å². The van der Waals surface area contributed by atoms with Gasteiger partial charge >= 0.3 is 5.97 Å². The van der Waals surface area contributed by atoms with Crippen LogP contribution in [0.3, 0.4) is 0 Å². The SMILES string of the molecule is C=C/C=C\C(=C/C=C)C(C)C(=O)OC(C)(C)C. The lowest BCUT2D eigenvalue weighted by Crippen LogP contribution is -2.28. The fourth-order valence-electron chi connectivity index (χ4n) is 1.19. The van der Waals surface area contributed by atoms with Gasteiger partial charge in [0.1, 0.15) is 5.60 Å². The van der Waals surface area contributed by atoms with Crippen LogP contribution in [0.1, 0.15) is 27.7 Å². The van der Waals surface area contributed by atoms with Crippen LogP contribution in [-0.2, 0) is 9.53 Å².